The molecule has 0 aliphatic carbocycles. The fourth-order valence-corrected chi connectivity index (χ4v) is 3.35. The highest BCUT2D eigenvalue weighted by molar-refractivity contribution is 5.85. The van der Waals surface area contributed by atoms with Crippen molar-refractivity contribution in [1.82, 2.24) is 15.2 Å². The van der Waals surface area contributed by atoms with Gasteiger partial charge in [0.05, 0.1) is 12.5 Å². The van der Waals surface area contributed by atoms with E-state index in [1.165, 1.54) is 18.4 Å². The number of aromatic nitrogens is 1. The van der Waals surface area contributed by atoms with E-state index in [1.807, 2.05) is 23.2 Å². The Morgan fingerprint density at radius 2 is 2.00 bits per heavy atom. The fourth-order valence-electron chi connectivity index (χ4n) is 3.35. The van der Waals surface area contributed by atoms with Crippen molar-refractivity contribution in [3.63, 3.8) is 0 Å². The largest absolute Gasteiger partial charge is 0.333 e. The average Bonchev–Trinajstić information content (AvgIpc) is 2.68. The summed E-state index contributed by atoms with van der Waals surface area (Å²) in [6.45, 7) is 4.58. The summed E-state index contributed by atoms with van der Waals surface area (Å²) in [5, 5.41) is 3.39. The Labute approximate surface area is 162 Å². The van der Waals surface area contributed by atoms with Gasteiger partial charge >= 0.3 is 0 Å². The molecule has 0 spiro atoms. The summed E-state index contributed by atoms with van der Waals surface area (Å²) in [7, 11) is 0. The molecule has 1 atom stereocenters. The second-order valence-electron chi connectivity index (χ2n) is 6.69. The van der Waals surface area contributed by atoms with E-state index in [4.69, 9.17) is 0 Å². The van der Waals surface area contributed by atoms with Crippen LogP contribution in [0.1, 0.15) is 42.5 Å². The zero-order valence-electron chi connectivity index (χ0n) is 15.4. The summed E-state index contributed by atoms with van der Waals surface area (Å²) in [6.07, 6.45) is 7.63. The monoisotopic (exact) mass is 373 g/mol. The van der Waals surface area contributed by atoms with E-state index in [1.54, 1.807) is 6.20 Å². The number of hydrogen-bond acceptors (Lipinski definition) is 3. The van der Waals surface area contributed by atoms with E-state index in [9.17, 15) is 4.79 Å². The topological polar surface area (TPSA) is 45.2 Å². The van der Waals surface area contributed by atoms with Gasteiger partial charge in [0.2, 0.25) is 5.91 Å². The first-order valence-corrected chi connectivity index (χ1v) is 9.26. The van der Waals surface area contributed by atoms with Crippen LogP contribution in [0.2, 0.25) is 0 Å². The van der Waals surface area contributed by atoms with Gasteiger partial charge in [-0.1, -0.05) is 43.7 Å². The molecule has 0 saturated carbocycles. The predicted octanol–water partition coefficient (Wildman–Crippen LogP) is 3.56. The number of carbonyl (C=O) groups excluding carboxylic acids is 1. The molecule has 1 amide bonds. The van der Waals surface area contributed by atoms with Crippen LogP contribution >= 0.6 is 12.4 Å². The van der Waals surface area contributed by atoms with E-state index in [0.29, 0.717) is 6.42 Å². The maximum atomic E-state index is 12.9. The molecular formula is C21H28ClN3O. The molecule has 0 radical (unpaired) electrons. The lowest BCUT2D eigenvalue weighted by molar-refractivity contribution is -0.133. The number of hydrogen-bond donors (Lipinski definition) is 1. The quantitative estimate of drug-likeness (QED) is 0.842. The maximum absolute atomic E-state index is 12.9. The minimum Gasteiger partial charge on any atom is -0.333 e. The highest BCUT2D eigenvalue weighted by Crippen LogP contribution is 2.22. The molecular weight excluding hydrogens is 346 g/mol. The lowest BCUT2D eigenvalue weighted by Crippen LogP contribution is -2.49. The van der Waals surface area contributed by atoms with Crippen molar-refractivity contribution in [2.75, 3.05) is 19.6 Å². The molecule has 1 aliphatic rings. The average molecular weight is 374 g/mol. The van der Waals surface area contributed by atoms with Crippen molar-refractivity contribution in [2.45, 2.75) is 38.6 Å². The van der Waals surface area contributed by atoms with E-state index in [-0.39, 0.29) is 24.4 Å². The molecule has 1 aromatic heterocycles. The first-order valence-electron chi connectivity index (χ1n) is 9.26. The molecule has 3 rings (SSSR count). The van der Waals surface area contributed by atoms with E-state index >= 15 is 0 Å². The zero-order chi connectivity index (χ0) is 17.5. The molecule has 1 unspecified atom stereocenters. The summed E-state index contributed by atoms with van der Waals surface area (Å²) in [4.78, 5) is 19.1. The van der Waals surface area contributed by atoms with E-state index < -0.39 is 0 Å². The Morgan fingerprint density at radius 3 is 2.69 bits per heavy atom. The Balaban J connectivity index is 0.00000243. The third-order valence-electron chi connectivity index (χ3n) is 4.83. The molecule has 140 valence electrons. The van der Waals surface area contributed by atoms with Crippen molar-refractivity contribution in [2.24, 2.45) is 0 Å². The van der Waals surface area contributed by atoms with Crippen LogP contribution in [0, 0.1) is 0 Å². The zero-order valence-corrected chi connectivity index (χ0v) is 16.2. The number of nitrogens with one attached hydrogen (secondary N) is 1. The molecule has 1 aliphatic heterocycles. The summed E-state index contributed by atoms with van der Waals surface area (Å²) in [5.74, 6) is 0.191. The van der Waals surface area contributed by atoms with Gasteiger partial charge in [-0.3, -0.25) is 9.78 Å². The summed E-state index contributed by atoms with van der Waals surface area (Å²) >= 11 is 0. The van der Waals surface area contributed by atoms with Gasteiger partial charge in [0.25, 0.3) is 0 Å². The number of rotatable bonds is 6. The summed E-state index contributed by atoms with van der Waals surface area (Å²) < 4.78 is 0. The third kappa shape index (κ3) is 5.29. The Hall–Kier alpha value is -1.91. The number of unbranched alkanes of at least 4 members (excludes halogenated alkanes) is 1. The van der Waals surface area contributed by atoms with Crippen molar-refractivity contribution >= 4 is 18.3 Å². The molecule has 26 heavy (non-hydrogen) atoms. The van der Waals surface area contributed by atoms with Gasteiger partial charge < -0.3 is 10.2 Å². The smallest absolute Gasteiger partial charge is 0.227 e. The number of amides is 1. The van der Waals surface area contributed by atoms with Crippen LogP contribution in [0.25, 0.3) is 0 Å². The van der Waals surface area contributed by atoms with Crippen LogP contribution in [-0.4, -0.2) is 35.4 Å². The Morgan fingerprint density at radius 1 is 1.23 bits per heavy atom. The van der Waals surface area contributed by atoms with Crippen LogP contribution in [-0.2, 0) is 17.6 Å². The molecule has 1 N–H and O–H groups in total. The number of carbonyl (C=O) groups is 1. The van der Waals surface area contributed by atoms with Crippen LogP contribution < -0.4 is 5.32 Å². The normalized spacial score (nSPS) is 16.8. The molecule has 1 fully saturated rings. The van der Waals surface area contributed by atoms with Gasteiger partial charge in [-0.05, 0) is 35.6 Å². The molecule has 0 bridgehead atoms. The van der Waals surface area contributed by atoms with Gasteiger partial charge in [-0.15, -0.1) is 12.4 Å². The second kappa shape index (κ2) is 10.3. The van der Waals surface area contributed by atoms with Gasteiger partial charge in [0.15, 0.2) is 0 Å². The van der Waals surface area contributed by atoms with Gasteiger partial charge in [0.1, 0.15) is 0 Å². The molecule has 2 heterocycles. The lowest BCUT2D eigenvalue weighted by atomic mass is 10.0. The maximum Gasteiger partial charge on any atom is 0.227 e. The van der Waals surface area contributed by atoms with Crippen molar-refractivity contribution in [3.8, 4) is 0 Å². The number of aryl methyl sites for hydroxylation is 1. The van der Waals surface area contributed by atoms with E-state index in [0.717, 1.165) is 37.2 Å². The number of piperazine rings is 1. The molecule has 1 saturated heterocycles. The highest BCUT2D eigenvalue weighted by Gasteiger charge is 2.27. The van der Waals surface area contributed by atoms with Gasteiger partial charge in [-0.2, -0.15) is 0 Å². The second-order valence-corrected chi connectivity index (χ2v) is 6.69. The Bertz CT molecular complexity index is 675. The summed E-state index contributed by atoms with van der Waals surface area (Å²) in [6, 6.07) is 12.6. The first kappa shape index (κ1) is 20.4. The minimum atomic E-state index is 0. The number of halogens is 1. The van der Waals surface area contributed by atoms with Crippen molar-refractivity contribution in [3.05, 3.63) is 65.5 Å². The van der Waals surface area contributed by atoms with Crippen molar-refractivity contribution in [1.29, 1.82) is 0 Å². The predicted molar refractivity (Wildman–Crippen MR) is 108 cm³/mol. The van der Waals surface area contributed by atoms with Crippen LogP contribution in [0.5, 0.6) is 0 Å². The van der Waals surface area contributed by atoms with Gasteiger partial charge in [-0.25, -0.2) is 0 Å². The van der Waals surface area contributed by atoms with Crippen molar-refractivity contribution < 1.29 is 4.79 Å². The van der Waals surface area contributed by atoms with E-state index in [2.05, 4.69) is 41.5 Å². The highest BCUT2D eigenvalue weighted by atomic mass is 35.5. The van der Waals surface area contributed by atoms with Crippen LogP contribution in [0.4, 0.5) is 0 Å². The molecule has 2 aromatic rings. The SMILES string of the molecule is CCCCc1ccc(CC(=O)N2CCNCC2c2cccnc2)cc1.Cl. The third-order valence-corrected chi connectivity index (χ3v) is 4.83. The summed E-state index contributed by atoms with van der Waals surface area (Å²) in [5.41, 5.74) is 3.54. The minimum absolute atomic E-state index is 0. The molecule has 1 aromatic carbocycles. The number of pyridine rings is 1. The first-order chi connectivity index (χ1) is 12.3. The molecule has 4 nitrogen and oxygen atoms in total. The Kier molecular flexibility index (Phi) is 8.07. The number of benzene rings is 1. The van der Waals surface area contributed by atoms with Crippen LogP contribution in [0.3, 0.4) is 0 Å². The van der Waals surface area contributed by atoms with Crippen LogP contribution in [0.15, 0.2) is 48.8 Å². The molecule has 5 heteroatoms. The standard InChI is InChI=1S/C21H27N3O.ClH/c1-2-3-5-17-7-9-18(10-8-17)14-21(25)24-13-12-23-16-20(24)19-6-4-11-22-15-19;/h4,6-11,15,20,23H,2-3,5,12-14,16H2,1H3;1H. The van der Waals surface area contributed by atoms with Gasteiger partial charge in [0, 0.05) is 32.0 Å². The fraction of sp³-hybridized carbons (Fsp3) is 0.429. The lowest BCUT2D eigenvalue weighted by Gasteiger charge is -2.36. The number of nitrogens with zero attached hydrogens (tertiary/aromatic N) is 2.